The molecule has 1 aromatic rings. The van der Waals surface area contributed by atoms with Gasteiger partial charge in [0.1, 0.15) is 0 Å². The Bertz CT molecular complexity index is 386. The Labute approximate surface area is 110 Å². The van der Waals surface area contributed by atoms with Gasteiger partial charge in [-0.05, 0) is 37.8 Å². The second kappa shape index (κ2) is 5.29. The van der Waals surface area contributed by atoms with Crippen LogP contribution in [0.3, 0.4) is 0 Å². The average molecular weight is 248 g/mol. The number of ether oxygens (including phenoxy) is 1. The van der Waals surface area contributed by atoms with Gasteiger partial charge < -0.3 is 15.4 Å². The van der Waals surface area contributed by atoms with Crippen LogP contribution in [-0.2, 0) is 4.74 Å². The van der Waals surface area contributed by atoms with Crippen molar-refractivity contribution in [1.82, 2.24) is 0 Å². The van der Waals surface area contributed by atoms with Gasteiger partial charge >= 0.3 is 0 Å². The van der Waals surface area contributed by atoms with Gasteiger partial charge in [-0.3, -0.25) is 0 Å². The molecular weight excluding hydrogens is 224 g/mol. The van der Waals surface area contributed by atoms with E-state index in [9.17, 15) is 0 Å². The Kier molecular flexibility index (Phi) is 3.93. The van der Waals surface area contributed by atoms with E-state index in [-0.39, 0.29) is 5.54 Å². The molecule has 18 heavy (non-hydrogen) atoms. The van der Waals surface area contributed by atoms with Crippen LogP contribution < -0.4 is 10.6 Å². The number of methoxy groups -OCH3 is 1. The summed E-state index contributed by atoms with van der Waals surface area (Å²) in [6.07, 6.45) is 2.52. The maximum absolute atomic E-state index is 6.08. The van der Waals surface area contributed by atoms with E-state index < -0.39 is 0 Å². The molecule has 0 radical (unpaired) electrons. The van der Waals surface area contributed by atoms with Crippen molar-refractivity contribution in [2.24, 2.45) is 11.7 Å². The highest BCUT2D eigenvalue weighted by Gasteiger charge is 2.47. The summed E-state index contributed by atoms with van der Waals surface area (Å²) in [5.74, 6) is 0.661. The molecule has 1 atom stereocenters. The van der Waals surface area contributed by atoms with Crippen LogP contribution in [0.2, 0.25) is 0 Å². The zero-order chi connectivity index (χ0) is 13.2. The molecule has 1 aliphatic rings. The van der Waals surface area contributed by atoms with Crippen LogP contribution in [0.15, 0.2) is 24.3 Å². The van der Waals surface area contributed by atoms with Gasteiger partial charge in [-0.15, -0.1) is 0 Å². The minimum absolute atomic E-state index is 0.0516. The summed E-state index contributed by atoms with van der Waals surface area (Å²) in [5.41, 5.74) is 8.53. The van der Waals surface area contributed by atoms with Gasteiger partial charge in [0.2, 0.25) is 0 Å². The maximum Gasteiger partial charge on any atom is 0.0781 e. The van der Waals surface area contributed by atoms with Crippen LogP contribution in [0.1, 0.15) is 18.4 Å². The molecule has 0 spiro atoms. The third kappa shape index (κ3) is 2.38. The molecule has 0 aromatic heterocycles. The van der Waals surface area contributed by atoms with E-state index in [0.717, 1.165) is 0 Å². The lowest BCUT2D eigenvalue weighted by Gasteiger charge is -2.42. The van der Waals surface area contributed by atoms with Crippen LogP contribution in [0.4, 0.5) is 5.69 Å². The molecule has 0 heterocycles. The van der Waals surface area contributed by atoms with Crippen molar-refractivity contribution in [2.75, 3.05) is 32.2 Å². The topological polar surface area (TPSA) is 38.5 Å². The highest BCUT2D eigenvalue weighted by Crippen LogP contribution is 2.43. The number of anilines is 1. The molecule has 3 nitrogen and oxygen atoms in total. The number of nitrogens with two attached hydrogens (primary N) is 1. The lowest BCUT2D eigenvalue weighted by atomic mass is 9.91. The molecule has 0 aliphatic heterocycles. The van der Waals surface area contributed by atoms with Crippen LogP contribution >= 0.6 is 0 Å². The van der Waals surface area contributed by atoms with Gasteiger partial charge in [0.25, 0.3) is 0 Å². The molecule has 1 saturated carbocycles. The van der Waals surface area contributed by atoms with Crippen molar-refractivity contribution in [3.05, 3.63) is 29.8 Å². The zero-order valence-corrected chi connectivity index (χ0v) is 11.6. The number of nitrogens with zero attached hydrogens (tertiary/aromatic N) is 1. The van der Waals surface area contributed by atoms with Gasteiger partial charge in [0.15, 0.2) is 0 Å². The molecule has 0 bridgehead atoms. The van der Waals surface area contributed by atoms with Crippen LogP contribution in [-0.4, -0.2) is 32.8 Å². The van der Waals surface area contributed by atoms with E-state index in [0.29, 0.717) is 19.1 Å². The molecule has 0 saturated heterocycles. The summed E-state index contributed by atoms with van der Waals surface area (Å²) >= 11 is 0. The number of hydrogen-bond donors (Lipinski definition) is 1. The van der Waals surface area contributed by atoms with Gasteiger partial charge in [-0.1, -0.05) is 17.7 Å². The lowest BCUT2D eigenvalue weighted by molar-refractivity contribution is 0.120. The number of aryl methyl sites for hydroxylation is 1. The van der Waals surface area contributed by atoms with E-state index in [2.05, 4.69) is 43.1 Å². The Hall–Kier alpha value is -1.06. The third-order valence-electron chi connectivity index (χ3n) is 4.17. The minimum Gasteiger partial charge on any atom is -0.382 e. The smallest absolute Gasteiger partial charge is 0.0781 e. The fourth-order valence-electron chi connectivity index (χ4n) is 2.75. The molecule has 0 amide bonds. The highest BCUT2D eigenvalue weighted by molar-refractivity contribution is 5.50. The Morgan fingerprint density at radius 2 is 1.94 bits per heavy atom. The van der Waals surface area contributed by atoms with Crippen LogP contribution in [0.25, 0.3) is 0 Å². The summed E-state index contributed by atoms with van der Waals surface area (Å²) in [4.78, 5) is 2.31. The summed E-state index contributed by atoms with van der Waals surface area (Å²) in [6, 6.07) is 8.62. The largest absolute Gasteiger partial charge is 0.382 e. The molecule has 100 valence electrons. The summed E-state index contributed by atoms with van der Waals surface area (Å²) in [5, 5.41) is 0. The average Bonchev–Trinajstić information content (AvgIpc) is 3.21. The second-order valence-corrected chi connectivity index (χ2v) is 5.41. The van der Waals surface area contributed by atoms with E-state index in [1.807, 2.05) is 0 Å². The molecule has 1 aromatic carbocycles. The molecule has 1 fully saturated rings. The molecule has 1 aliphatic carbocycles. The maximum atomic E-state index is 6.08. The van der Waals surface area contributed by atoms with Crippen LogP contribution in [0, 0.1) is 12.8 Å². The van der Waals surface area contributed by atoms with E-state index >= 15 is 0 Å². The second-order valence-electron chi connectivity index (χ2n) is 5.41. The number of rotatable bonds is 6. The molecule has 1 unspecified atom stereocenters. The predicted molar refractivity (Wildman–Crippen MR) is 76.0 cm³/mol. The zero-order valence-electron chi connectivity index (χ0n) is 11.6. The van der Waals surface area contributed by atoms with Crippen molar-refractivity contribution in [1.29, 1.82) is 0 Å². The number of benzene rings is 1. The molecule has 3 heteroatoms. The van der Waals surface area contributed by atoms with E-state index in [1.54, 1.807) is 7.11 Å². The van der Waals surface area contributed by atoms with Gasteiger partial charge in [-0.25, -0.2) is 0 Å². The normalized spacial score (nSPS) is 18.4. The molecule has 2 rings (SSSR count). The lowest BCUT2D eigenvalue weighted by Crippen LogP contribution is -2.57. The van der Waals surface area contributed by atoms with Crippen LogP contribution in [0.5, 0.6) is 0 Å². The Morgan fingerprint density at radius 1 is 1.33 bits per heavy atom. The van der Waals surface area contributed by atoms with E-state index in [4.69, 9.17) is 10.5 Å². The highest BCUT2D eigenvalue weighted by atomic mass is 16.5. The summed E-state index contributed by atoms with van der Waals surface area (Å²) in [7, 11) is 3.89. The Balaban J connectivity index is 2.26. The van der Waals surface area contributed by atoms with Crippen molar-refractivity contribution in [2.45, 2.75) is 25.3 Å². The number of hydrogen-bond acceptors (Lipinski definition) is 3. The fourth-order valence-corrected chi connectivity index (χ4v) is 2.75. The first-order chi connectivity index (χ1) is 8.64. The van der Waals surface area contributed by atoms with E-state index in [1.165, 1.54) is 24.1 Å². The summed E-state index contributed by atoms with van der Waals surface area (Å²) < 4.78 is 5.44. The molecular formula is C15H24N2O. The SMILES string of the molecule is COCC(CN)(C1CC1)N(C)c1ccc(C)cc1. The van der Waals surface area contributed by atoms with Crippen molar-refractivity contribution < 1.29 is 4.74 Å². The number of likely N-dealkylation sites (N-methyl/N-ethyl adjacent to an activating group) is 1. The first-order valence-electron chi connectivity index (χ1n) is 6.63. The minimum atomic E-state index is -0.0516. The fraction of sp³-hybridized carbons (Fsp3) is 0.600. The third-order valence-corrected chi connectivity index (χ3v) is 4.17. The monoisotopic (exact) mass is 248 g/mol. The summed E-state index contributed by atoms with van der Waals surface area (Å²) in [6.45, 7) is 3.43. The quantitative estimate of drug-likeness (QED) is 0.838. The van der Waals surface area contributed by atoms with Gasteiger partial charge in [-0.2, -0.15) is 0 Å². The molecule has 2 N–H and O–H groups in total. The van der Waals surface area contributed by atoms with Crippen molar-refractivity contribution >= 4 is 5.69 Å². The van der Waals surface area contributed by atoms with Gasteiger partial charge in [0.05, 0.1) is 12.1 Å². The predicted octanol–water partition coefficient (Wildman–Crippen LogP) is 2.19. The Morgan fingerprint density at radius 3 is 2.39 bits per heavy atom. The first-order valence-corrected chi connectivity index (χ1v) is 6.63. The van der Waals surface area contributed by atoms with Gasteiger partial charge in [0, 0.05) is 26.4 Å². The van der Waals surface area contributed by atoms with Crippen molar-refractivity contribution in [3.8, 4) is 0 Å². The standard InChI is InChI=1S/C15H24N2O/c1-12-4-8-14(9-5-12)17(2)15(10-16,11-18-3)13-6-7-13/h4-5,8-9,13H,6-7,10-11,16H2,1-3H3. The first kappa shape index (κ1) is 13.4. The van der Waals surface area contributed by atoms with Crippen molar-refractivity contribution in [3.63, 3.8) is 0 Å².